The fraction of sp³-hybridized carbons (Fsp3) is 0.531. The van der Waals surface area contributed by atoms with E-state index >= 15 is 4.39 Å². The van der Waals surface area contributed by atoms with Crippen LogP contribution in [0, 0.1) is 11.7 Å². The van der Waals surface area contributed by atoms with Gasteiger partial charge < -0.3 is 19.9 Å². The first-order valence-electron chi connectivity index (χ1n) is 14.9. The second-order valence-corrected chi connectivity index (χ2v) is 11.8. The quantitative estimate of drug-likeness (QED) is 0.451. The lowest BCUT2D eigenvalue weighted by Crippen LogP contribution is -2.45. The average molecular weight is 565 g/mol. The Morgan fingerprint density at radius 3 is 2.44 bits per heavy atom. The predicted octanol–water partition coefficient (Wildman–Crippen LogP) is 4.73. The minimum atomic E-state index is -0.475. The summed E-state index contributed by atoms with van der Waals surface area (Å²) >= 11 is 0. The van der Waals surface area contributed by atoms with Crippen LogP contribution in [0.15, 0.2) is 48.5 Å². The lowest BCUT2D eigenvalue weighted by molar-refractivity contribution is -0.134. The normalized spacial score (nSPS) is 23.8. The number of anilines is 1. The second kappa shape index (κ2) is 13.5. The summed E-state index contributed by atoms with van der Waals surface area (Å²) in [5, 5.41) is 5.38. The van der Waals surface area contributed by atoms with Gasteiger partial charge in [-0.3, -0.25) is 14.9 Å². The van der Waals surface area contributed by atoms with E-state index in [0.29, 0.717) is 29.6 Å². The predicted molar refractivity (Wildman–Crippen MR) is 155 cm³/mol. The Morgan fingerprint density at radius 2 is 1.76 bits per heavy atom. The zero-order chi connectivity index (χ0) is 28.8. The maximum atomic E-state index is 15.1. The molecule has 1 aliphatic carbocycles. The first-order chi connectivity index (χ1) is 19.9. The molecule has 220 valence electrons. The molecule has 3 aliphatic rings. The Kier molecular flexibility index (Phi) is 9.54. The highest BCUT2D eigenvalue weighted by atomic mass is 19.1. The van der Waals surface area contributed by atoms with Crippen LogP contribution in [0.25, 0.3) is 0 Å². The second-order valence-electron chi connectivity index (χ2n) is 11.8. The molecular weight excluding hydrogens is 523 g/mol. The Morgan fingerprint density at radius 1 is 1.02 bits per heavy atom. The van der Waals surface area contributed by atoms with Gasteiger partial charge in [-0.25, -0.2) is 9.18 Å². The number of nitrogens with one attached hydrogen (secondary N) is 2. The summed E-state index contributed by atoms with van der Waals surface area (Å²) in [5.74, 6) is -0.831. The van der Waals surface area contributed by atoms with Crippen LogP contribution >= 0.6 is 0 Å². The van der Waals surface area contributed by atoms with Crippen LogP contribution in [-0.2, 0) is 20.9 Å². The molecule has 0 radical (unpaired) electrons. The Bertz CT molecular complexity index is 1210. The summed E-state index contributed by atoms with van der Waals surface area (Å²) in [7, 11) is 2.20. The Hall–Kier alpha value is -3.46. The van der Waals surface area contributed by atoms with Crippen molar-refractivity contribution in [1.29, 1.82) is 0 Å². The molecule has 2 N–H and O–H groups in total. The van der Waals surface area contributed by atoms with Crippen LogP contribution in [0.5, 0.6) is 0 Å². The van der Waals surface area contributed by atoms with E-state index in [1.807, 2.05) is 36.4 Å². The highest BCUT2D eigenvalue weighted by Crippen LogP contribution is 2.32. The van der Waals surface area contributed by atoms with Crippen LogP contribution in [0.4, 0.5) is 14.9 Å². The molecule has 2 heterocycles. The number of hydrogen-bond acceptors (Lipinski definition) is 6. The van der Waals surface area contributed by atoms with Crippen LogP contribution < -0.4 is 15.5 Å². The molecule has 2 aliphatic heterocycles. The summed E-state index contributed by atoms with van der Waals surface area (Å²) < 4.78 is 20.5. The molecule has 1 saturated carbocycles. The third kappa shape index (κ3) is 7.64. The molecule has 8 nitrogen and oxygen atoms in total. The lowest BCUT2D eigenvalue weighted by Gasteiger charge is -2.39. The van der Waals surface area contributed by atoms with Gasteiger partial charge in [0.2, 0.25) is 11.8 Å². The SMILES string of the molecule is CN(CC1CCN(c2ccc(C3CCC(=O)NC3=O)cc2F)CC1)C1CCC(NC(=O)OCc2ccccc2)CC1. The molecule has 1 atom stereocenters. The van der Waals surface area contributed by atoms with Crippen LogP contribution in [0.2, 0.25) is 0 Å². The van der Waals surface area contributed by atoms with Crippen molar-refractivity contribution in [3.63, 3.8) is 0 Å². The smallest absolute Gasteiger partial charge is 0.407 e. The van der Waals surface area contributed by atoms with Crippen molar-refractivity contribution in [1.82, 2.24) is 15.5 Å². The van der Waals surface area contributed by atoms with Crippen molar-refractivity contribution >= 4 is 23.6 Å². The average Bonchev–Trinajstić information content (AvgIpc) is 2.97. The molecule has 41 heavy (non-hydrogen) atoms. The van der Waals surface area contributed by atoms with Crippen molar-refractivity contribution < 1.29 is 23.5 Å². The van der Waals surface area contributed by atoms with Gasteiger partial charge in [0.25, 0.3) is 0 Å². The molecule has 3 amide bonds. The zero-order valence-electron chi connectivity index (χ0n) is 23.8. The number of imide groups is 1. The number of benzene rings is 2. The van der Waals surface area contributed by atoms with Crippen molar-refractivity contribution in [2.75, 3.05) is 31.6 Å². The summed E-state index contributed by atoms with van der Waals surface area (Å²) in [4.78, 5) is 40.4. The maximum Gasteiger partial charge on any atom is 0.407 e. The van der Waals surface area contributed by atoms with E-state index in [1.165, 1.54) is 6.07 Å². The number of rotatable bonds is 8. The molecule has 2 aromatic carbocycles. The van der Waals surface area contributed by atoms with E-state index in [-0.39, 0.29) is 42.8 Å². The van der Waals surface area contributed by atoms with Crippen molar-refractivity contribution in [3.8, 4) is 0 Å². The number of carbonyl (C=O) groups excluding carboxylic acids is 3. The summed E-state index contributed by atoms with van der Waals surface area (Å²) in [5.41, 5.74) is 2.19. The van der Waals surface area contributed by atoms with Gasteiger partial charge in [0.05, 0.1) is 11.6 Å². The first kappa shape index (κ1) is 29.0. The van der Waals surface area contributed by atoms with Gasteiger partial charge in [-0.05, 0) is 81.2 Å². The number of carbonyl (C=O) groups is 3. The van der Waals surface area contributed by atoms with Gasteiger partial charge >= 0.3 is 6.09 Å². The number of ether oxygens (including phenoxy) is 1. The Balaban J connectivity index is 1.02. The monoisotopic (exact) mass is 564 g/mol. The third-order valence-electron chi connectivity index (χ3n) is 8.97. The number of hydrogen-bond donors (Lipinski definition) is 2. The van der Waals surface area contributed by atoms with Crippen molar-refractivity contribution in [3.05, 3.63) is 65.5 Å². The van der Waals surface area contributed by atoms with Crippen molar-refractivity contribution in [2.45, 2.75) is 76.0 Å². The van der Waals surface area contributed by atoms with E-state index in [2.05, 4.69) is 27.5 Å². The topological polar surface area (TPSA) is 91.0 Å². The zero-order valence-corrected chi connectivity index (χ0v) is 23.8. The molecule has 1 unspecified atom stereocenters. The van der Waals surface area contributed by atoms with E-state index in [0.717, 1.165) is 63.7 Å². The first-order valence-corrected chi connectivity index (χ1v) is 14.9. The van der Waals surface area contributed by atoms with E-state index < -0.39 is 5.92 Å². The fourth-order valence-corrected chi connectivity index (χ4v) is 6.51. The molecule has 0 aromatic heterocycles. The lowest BCUT2D eigenvalue weighted by atomic mass is 9.88. The highest BCUT2D eigenvalue weighted by Gasteiger charge is 2.30. The van der Waals surface area contributed by atoms with Gasteiger partial charge in [0, 0.05) is 38.1 Å². The van der Waals surface area contributed by atoms with Gasteiger partial charge in [-0.1, -0.05) is 36.4 Å². The van der Waals surface area contributed by atoms with E-state index in [1.54, 1.807) is 6.07 Å². The van der Waals surface area contributed by atoms with Crippen molar-refractivity contribution in [2.24, 2.45) is 5.92 Å². The Labute approximate surface area is 241 Å². The highest BCUT2D eigenvalue weighted by molar-refractivity contribution is 6.00. The van der Waals surface area contributed by atoms with Crippen LogP contribution in [-0.4, -0.2) is 61.6 Å². The standard InChI is InChI=1S/C32H41FN4O4/c1-36(26-10-8-25(9-11-26)34-32(40)41-21-23-5-3-2-4-6-23)20-22-15-17-37(18-16-22)29-13-7-24(19-28(29)33)27-12-14-30(38)35-31(27)39/h2-7,13,19,22,25-27H,8-12,14-18,20-21H2,1H3,(H,34,40)(H,35,38,39). The number of nitrogens with zero attached hydrogens (tertiary/aromatic N) is 2. The molecule has 3 fully saturated rings. The summed E-state index contributed by atoms with van der Waals surface area (Å²) in [6.45, 7) is 2.90. The molecule has 2 saturated heterocycles. The minimum absolute atomic E-state index is 0.155. The number of piperidine rings is 2. The van der Waals surface area contributed by atoms with E-state index in [9.17, 15) is 14.4 Å². The van der Waals surface area contributed by atoms with Crippen LogP contribution in [0.1, 0.15) is 68.4 Å². The molecule has 2 aromatic rings. The summed E-state index contributed by atoms with van der Waals surface area (Å²) in [6.07, 6.45) is 6.34. The van der Waals surface area contributed by atoms with Gasteiger partial charge in [-0.15, -0.1) is 0 Å². The summed E-state index contributed by atoms with van der Waals surface area (Å²) in [6, 6.07) is 15.4. The van der Waals surface area contributed by atoms with E-state index in [4.69, 9.17) is 4.74 Å². The molecular formula is C32H41FN4O4. The molecule has 9 heteroatoms. The fourth-order valence-electron chi connectivity index (χ4n) is 6.51. The largest absolute Gasteiger partial charge is 0.445 e. The van der Waals surface area contributed by atoms with Gasteiger partial charge in [0.15, 0.2) is 0 Å². The van der Waals surface area contributed by atoms with Crippen LogP contribution in [0.3, 0.4) is 0 Å². The number of amides is 3. The number of halogens is 1. The molecule has 5 rings (SSSR count). The molecule has 0 spiro atoms. The molecule has 0 bridgehead atoms. The number of alkyl carbamates (subject to hydrolysis) is 1. The maximum absolute atomic E-state index is 15.1. The van der Waals surface area contributed by atoms with Gasteiger partial charge in [-0.2, -0.15) is 0 Å². The minimum Gasteiger partial charge on any atom is -0.445 e. The third-order valence-corrected chi connectivity index (χ3v) is 8.97. The van der Waals surface area contributed by atoms with Gasteiger partial charge in [0.1, 0.15) is 12.4 Å².